The van der Waals surface area contributed by atoms with E-state index < -0.39 is 0 Å². The van der Waals surface area contributed by atoms with E-state index in [2.05, 4.69) is 117 Å². The summed E-state index contributed by atoms with van der Waals surface area (Å²) in [6.07, 6.45) is 2.09. The van der Waals surface area contributed by atoms with E-state index >= 15 is 0 Å². The van der Waals surface area contributed by atoms with Crippen molar-refractivity contribution in [1.29, 1.82) is 0 Å². The van der Waals surface area contributed by atoms with Gasteiger partial charge in [-0.15, -0.1) is 0 Å². The molecule has 10 heteroatoms. The Morgan fingerprint density at radius 2 is 0.536 bits per heavy atom. The Morgan fingerprint density at radius 1 is 0.286 bits per heavy atom. The van der Waals surface area contributed by atoms with Gasteiger partial charge in [-0.2, -0.15) is 0 Å². The van der Waals surface area contributed by atoms with Gasteiger partial charge in [0.15, 0.2) is 0 Å². The number of rotatable bonds is 0. The van der Waals surface area contributed by atoms with Gasteiger partial charge in [-0.1, -0.05) is 72.8 Å². The third-order valence-corrected chi connectivity index (χ3v) is 10.8. The number of fused-ring (bicyclic) bond motifs is 10. The van der Waals surface area contributed by atoms with Gasteiger partial charge < -0.3 is 28.4 Å². The zero-order valence-corrected chi connectivity index (χ0v) is 33.0. The van der Waals surface area contributed by atoms with Crippen molar-refractivity contribution in [3.05, 3.63) is 119 Å². The standard InChI is InChI=1S/C46H60N4O6/c1-5-15-43-39(11-1)35-47-19-9-20-49-25-26-50(22-10-21-48(24-23-47)36-40-12-2-6-16-44(40)54-32-28-51-27-31-53-43)38-42-14-4-8-18-46(42)56-34-30-52-29-33-55-45-17-7-3-13-41(45)37-49/h1-8,11-18H,9-10,19-38H2. The summed E-state index contributed by atoms with van der Waals surface area (Å²) in [4.78, 5) is 10.5. The minimum absolute atomic E-state index is 0.504. The van der Waals surface area contributed by atoms with Crippen molar-refractivity contribution in [2.45, 2.75) is 39.0 Å². The number of hydrogen-bond donors (Lipinski definition) is 0. The Hall–Kier alpha value is -4.16. The number of ether oxygens (including phenoxy) is 6. The van der Waals surface area contributed by atoms with Gasteiger partial charge in [0, 0.05) is 74.6 Å². The zero-order valence-electron chi connectivity index (χ0n) is 33.0. The molecule has 4 aromatic carbocycles. The molecule has 0 amide bonds. The highest BCUT2D eigenvalue weighted by Gasteiger charge is 2.20. The molecule has 1 fully saturated rings. The first kappa shape index (κ1) is 40.1. The molecule has 4 unspecified atom stereocenters. The van der Waals surface area contributed by atoms with Gasteiger partial charge in [0.05, 0.1) is 26.4 Å². The van der Waals surface area contributed by atoms with E-state index in [4.69, 9.17) is 28.4 Å². The third kappa shape index (κ3) is 12.4. The lowest BCUT2D eigenvalue weighted by Gasteiger charge is -2.33. The molecule has 0 aliphatic carbocycles. The number of benzene rings is 4. The smallest absolute Gasteiger partial charge is 0.123 e. The molecule has 1 saturated heterocycles. The van der Waals surface area contributed by atoms with E-state index in [-0.39, 0.29) is 0 Å². The highest BCUT2D eigenvalue weighted by atomic mass is 16.6. The number of para-hydroxylation sites is 4. The van der Waals surface area contributed by atoms with Crippen molar-refractivity contribution in [3.63, 3.8) is 0 Å². The van der Waals surface area contributed by atoms with Crippen molar-refractivity contribution in [1.82, 2.24) is 19.6 Å². The fraction of sp³-hybridized carbons (Fsp3) is 0.478. The molecule has 3 aliphatic rings. The van der Waals surface area contributed by atoms with Crippen LogP contribution in [0, 0.1) is 0 Å². The van der Waals surface area contributed by atoms with Gasteiger partial charge in [-0.05, 0) is 63.3 Å². The molecule has 3 heterocycles. The largest absolute Gasteiger partial charge is 0.491 e. The van der Waals surface area contributed by atoms with Crippen LogP contribution >= 0.6 is 0 Å². The Labute approximate surface area is 333 Å². The molecule has 4 bridgehead atoms. The van der Waals surface area contributed by atoms with Crippen LogP contribution < -0.4 is 18.9 Å². The molecule has 10 nitrogen and oxygen atoms in total. The number of hydrogen-bond acceptors (Lipinski definition) is 10. The Kier molecular flexibility index (Phi) is 15.7. The molecule has 0 aromatic heterocycles. The molecular weight excluding hydrogens is 705 g/mol. The minimum Gasteiger partial charge on any atom is -0.491 e. The SMILES string of the molecule is c1ccc2c(c1)CN1CCCN3CCN(CCCN(CC1)Cc1ccccc1OCCOCCO2)Cc1ccccc1OCCOCCOc1ccccc1C3. The van der Waals surface area contributed by atoms with Crippen molar-refractivity contribution >= 4 is 0 Å². The molecule has 3 aliphatic heterocycles. The van der Waals surface area contributed by atoms with Crippen LogP contribution in [-0.2, 0) is 35.7 Å². The van der Waals surface area contributed by atoms with Crippen LogP contribution in [0.2, 0.25) is 0 Å². The average molecular weight is 765 g/mol. The van der Waals surface area contributed by atoms with Crippen molar-refractivity contribution in [3.8, 4) is 23.0 Å². The molecule has 7 rings (SSSR count). The Bertz CT molecular complexity index is 1510. The summed E-state index contributed by atoms with van der Waals surface area (Å²) < 4.78 is 37.0. The first-order valence-electron chi connectivity index (χ1n) is 20.6. The maximum atomic E-state index is 6.30. The molecule has 56 heavy (non-hydrogen) atoms. The van der Waals surface area contributed by atoms with Crippen LogP contribution in [0.4, 0.5) is 0 Å². The molecule has 300 valence electrons. The quantitative estimate of drug-likeness (QED) is 0.202. The molecule has 4 aromatic rings. The second kappa shape index (κ2) is 22.0. The molecule has 4 atom stereocenters. The van der Waals surface area contributed by atoms with Crippen LogP contribution in [0.3, 0.4) is 0 Å². The van der Waals surface area contributed by atoms with Crippen LogP contribution in [-0.4, -0.2) is 125 Å². The van der Waals surface area contributed by atoms with Crippen LogP contribution in [0.25, 0.3) is 0 Å². The predicted molar refractivity (Wildman–Crippen MR) is 220 cm³/mol. The van der Waals surface area contributed by atoms with Crippen LogP contribution in [0.15, 0.2) is 97.1 Å². The van der Waals surface area contributed by atoms with Gasteiger partial charge >= 0.3 is 0 Å². The summed E-state index contributed by atoms with van der Waals surface area (Å²) in [6, 6.07) is 34.0. The van der Waals surface area contributed by atoms with Crippen LogP contribution in [0.1, 0.15) is 35.1 Å². The maximum absolute atomic E-state index is 6.30. The van der Waals surface area contributed by atoms with Crippen molar-refractivity contribution in [2.24, 2.45) is 0 Å². The summed E-state index contributed by atoms with van der Waals surface area (Å²) in [5, 5.41) is 0. The van der Waals surface area contributed by atoms with E-state index in [0.29, 0.717) is 52.9 Å². The zero-order chi connectivity index (χ0) is 38.0. The summed E-state index contributed by atoms with van der Waals surface area (Å²) in [5.41, 5.74) is 4.87. The predicted octanol–water partition coefficient (Wildman–Crippen LogP) is 6.36. The van der Waals surface area contributed by atoms with E-state index in [9.17, 15) is 0 Å². The summed E-state index contributed by atoms with van der Waals surface area (Å²) in [7, 11) is 0. The average Bonchev–Trinajstić information content (AvgIpc) is 3.22. The van der Waals surface area contributed by atoms with Gasteiger partial charge in [-0.25, -0.2) is 0 Å². The summed E-state index contributed by atoms with van der Waals surface area (Å²) >= 11 is 0. The normalized spacial score (nSPS) is 24.0. The number of nitrogens with zero attached hydrogens (tertiary/aromatic N) is 4. The van der Waals surface area contributed by atoms with Crippen molar-refractivity contribution in [2.75, 3.05) is 105 Å². The fourth-order valence-electron chi connectivity index (χ4n) is 7.79. The highest BCUT2D eigenvalue weighted by molar-refractivity contribution is 5.36. The molecule has 0 N–H and O–H groups in total. The maximum Gasteiger partial charge on any atom is 0.123 e. The van der Waals surface area contributed by atoms with Gasteiger partial charge in [0.2, 0.25) is 0 Å². The second-order valence-electron chi connectivity index (χ2n) is 14.9. The molecule has 0 saturated carbocycles. The molecular formula is C46H60N4O6. The lowest BCUT2D eigenvalue weighted by molar-refractivity contribution is 0.0756. The fourth-order valence-corrected chi connectivity index (χ4v) is 7.79. The first-order chi connectivity index (χ1) is 27.8. The molecule has 0 radical (unpaired) electrons. The lowest BCUT2D eigenvalue weighted by atomic mass is 10.1. The van der Waals surface area contributed by atoms with Gasteiger partial charge in [0.1, 0.15) is 49.4 Å². The third-order valence-electron chi connectivity index (χ3n) is 10.8. The minimum atomic E-state index is 0.504. The Morgan fingerprint density at radius 3 is 0.804 bits per heavy atom. The van der Waals surface area contributed by atoms with Crippen molar-refractivity contribution < 1.29 is 28.4 Å². The first-order valence-corrected chi connectivity index (χ1v) is 20.6. The molecule has 0 spiro atoms. The van der Waals surface area contributed by atoms with E-state index in [1.807, 2.05) is 0 Å². The van der Waals surface area contributed by atoms with E-state index in [0.717, 1.165) is 114 Å². The highest BCUT2D eigenvalue weighted by Crippen LogP contribution is 2.25. The Balaban J connectivity index is 1.17. The summed E-state index contributed by atoms with van der Waals surface area (Å²) in [5.74, 6) is 3.75. The van der Waals surface area contributed by atoms with Gasteiger partial charge in [0.25, 0.3) is 0 Å². The summed E-state index contributed by atoms with van der Waals surface area (Å²) in [6.45, 7) is 15.1. The van der Waals surface area contributed by atoms with E-state index in [1.165, 1.54) is 22.3 Å². The van der Waals surface area contributed by atoms with Crippen LogP contribution in [0.5, 0.6) is 23.0 Å². The second-order valence-corrected chi connectivity index (χ2v) is 14.9. The topological polar surface area (TPSA) is 68.3 Å². The van der Waals surface area contributed by atoms with Gasteiger partial charge in [-0.3, -0.25) is 19.6 Å². The van der Waals surface area contributed by atoms with E-state index in [1.54, 1.807) is 0 Å². The monoisotopic (exact) mass is 764 g/mol. The lowest BCUT2D eigenvalue weighted by Crippen LogP contribution is -2.40.